The SMILES string of the molecule is CSc1cc(N)cc2cc(C(=O)NCCc3nccs3)cnc12. The van der Waals surface area contributed by atoms with E-state index in [1.807, 2.05) is 29.8 Å². The van der Waals surface area contributed by atoms with E-state index in [-0.39, 0.29) is 5.91 Å². The third-order valence-electron chi connectivity index (χ3n) is 3.36. The lowest BCUT2D eigenvalue weighted by atomic mass is 10.1. The second-order valence-corrected chi connectivity index (χ2v) is 6.78. The van der Waals surface area contributed by atoms with Gasteiger partial charge in [0.25, 0.3) is 5.91 Å². The Bertz CT molecular complexity index is 833. The summed E-state index contributed by atoms with van der Waals surface area (Å²) < 4.78 is 0. The molecule has 0 radical (unpaired) electrons. The molecule has 23 heavy (non-hydrogen) atoms. The van der Waals surface area contributed by atoms with Gasteiger partial charge < -0.3 is 11.1 Å². The van der Waals surface area contributed by atoms with Crippen LogP contribution in [-0.4, -0.2) is 28.7 Å². The molecule has 1 amide bonds. The molecular formula is C16H16N4OS2. The second kappa shape index (κ2) is 6.97. The summed E-state index contributed by atoms with van der Waals surface area (Å²) in [5.41, 5.74) is 7.99. The Morgan fingerprint density at radius 2 is 2.22 bits per heavy atom. The van der Waals surface area contributed by atoms with Crippen LogP contribution < -0.4 is 11.1 Å². The Labute approximate surface area is 142 Å². The largest absolute Gasteiger partial charge is 0.399 e. The number of carbonyl (C=O) groups is 1. The zero-order valence-corrected chi connectivity index (χ0v) is 14.2. The van der Waals surface area contributed by atoms with Crippen LogP contribution in [0.2, 0.25) is 0 Å². The van der Waals surface area contributed by atoms with E-state index in [2.05, 4.69) is 15.3 Å². The first-order valence-corrected chi connectivity index (χ1v) is 9.17. The number of thioether (sulfide) groups is 1. The number of pyridine rings is 1. The zero-order chi connectivity index (χ0) is 16.2. The molecule has 0 atom stereocenters. The van der Waals surface area contributed by atoms with Crippen molar-refractivity contribution in [2.75, 3.05) is 18.5 Å². The summed E-state index contributed by atoms with van der Waals surface area (Å²) in [6, 6.07) is 5.57. The van der Waals surface area contributed by atoms with Crippen LogP contribution in [0.3, 0.4) is 0 Å². The number of benzene rings is 1. The van der Waals surface area contributed by atoms with Crippen molar-refractivity contribution in [3.8, 4) is 0 Å². The van der Waals surface area contributed by atoms with E-state index in [0.717, 1.165) is 27.2 Å². The number of rotatable bonds is 5. The molecule has 3 rings (SSSR count). The zero-order valence-electron chi connectivity index (χ0n) is 12.6. The normalized spacial score (nSPS) is 10.8. The Balaban J connectivity index is 1.75. The number of hydrogen-bond acceptors (Lipinski definition) is 6. The molecule has 0 saturated carbocycles. The number of amides is 1. The van der Waals surface area contributed by atoms with Crippen molar-refractivity contribution in [2.24, 2.45) is 0 Å². The first-order valence-electron chi connectivity index (χ1n) is 7.07. The van der Waals surface area contributed by atoms with Crippen LogP contribution in [0, 0.1) is 0 Å². The molecule has 3 aromatic rings. The standard InChI is InChI=1S/C16H16N4OS2/c1-22-13-8-12(17)7-10-6-11(9-20-15(10)13)16(21)19-3-2-14-18-4-5-23-14/h4-9H,2-3,17H2,1H3,(H,19,21). The second-order valence-electron chi connectivity index (χ2n) is 4.95. The fraction of sp³-hybridized carbons (Fsp3) is 0.188. The molecule has 0 fully saturated rings. The highest BCUT2D eigenvalue weighted by Gasteiger charge is 2.10. The molecule has 0 aliphatic carbocycles. The van der Waals surface area contributed by atoms with E-state index in [4.69, 9.17) is 5.73 Å². The molecule has 0 spiro atoms. The molecule has 0 aliphatic heterocycles. The first kappa shape index (κ1) is 15.8. The number of nitrogens with one attached hydrogen (secondary N) is 1. The van der Waals surface area contributed by atoms with Crippen molar-refractivity contribution in [3.63, 3.8) is 0 Å². The number of aromatic nitrogens is 2. The predicted octanol–water partition coefficient (Wildman–Crippen LogP) is 2.97. The topological polar surface area (TPSA) is 80.9 Å². The Morgan fingerprint density at radius 3 is 2.96 bits per heavy atom. The Hall–Kier alpha value is -2.12. The number of thiazole rings is 1. The monoisotopic (exact) mass is 344 g/mol. The number of nitrogens with zero attached hydrogens (tertiary/aromatic N) is 2. The summed E-state index contributed by atoms with van der Waals surface area (Å²) >= 11 is 3.18. The molecule has 118 valence electrons. The molecule has 1 aromatic carbocycles. The van der Waals surface area contributed by atoms with Gasteiger partial charge in [0.15, 0.2) is 0 Å². The maximum Gasteiger partial charge on any atom is 0.252 e. The smallest absolute Gasteiger partial charge is 0.252 e. The van der Waals surface area contributed by atoms with Gasteiger partial charge in [-0.2, -0.15) is 0 Å². The lowest BCUT2D eigenvalue weighted by Crippen LogP contribution is -2.25. The van der Waals surface area contributed by atoms with Gasteiger partial charge in [0.05, 0.1) is 16.1 Å². The average Bonchev–Trinajstić information content (AvgIpc) is 3.06. The fourth-order valence-electron chi connectivity index (χ4n) is 2.28. The van der Waals surface area contributed by atoms with E-state index in [9.17, 15) is 4.79 Å². The van der Waals surface area contributed by atoms with Gasteiger partial charge in [0.1, 0.15) is 0 Å². The molecule has 2 aromatic heterocycles. The van der Waals surface area contributed by atoms with Crippen LogP contribution in [0.4, 0.5) is 5.69 Å². The Kier molecular flexibility index (Phi) is 4.78. The van der Waals surface area contributed by atoms with Crippen molar-refractivity contribution < 1.29 is 4.79 Å². The quantitative estimate of drug-likeness (QED) is 0.549. The van der Waals surface area contributed by atoms with Gasteiger partial charge in [-0.25, -0.2) is 4.98 Å². The minimum Gasteiger partial charge on any atom is -0.399 e. The molecule has 0 aliphatic rings. The van der Waals surface area contributed by atoms with E-state index in [0.29, 0.717) is 17.8 Å². The summed E-state index contributed by atoms with van der Waals surface area (Å²) in [7, 11) is 0. The first-order chi connectivity index (χ1) is 11.2. The van der Waals surface area contributed by atoms with Crippen molar-refractivity contribution in [3.05, 3.63) is 46.5 Å². The van der Waals surface area contributed by atoms with Crippen LogP contribution in [-0.2, 0) is 6.42 Å². The lowest BCUT2D eigenvalue weighted by molar-refractivity contribution is 0.0954. The maximum absolute atomic E-state index is 12.3. The number of nitrogen functional groups attached to an aromatic ring is 1. The van der Waals surface area contributed by atoms with Gasteiger partial charge in [-0.1, -0.05) is 0 Å². The Morgan fingerprint density at radius 1 is 1.35 bits per heavy atom. The molecule has 0 bridgehead atoms. The van der Waals surface area contributed by atoms with Crippen LogP contribution in [0.1, 0.15) is 15.4 Å². The van der Waals surface area contributed by atoms with Gasteiger partial charge >= 0.3 is 0 Å². The number of nitrogens with two attached hydrogens (primary N) is 1. The van der Waals surface area contributed by atoms with E-state index >= 15 is 0 Å². The minimum absolute atomic E-state index is 0.135. The summed E-state index contributed by atoms with van der Waals surface area (Å²) in [5, 5.41) is 6.72. The van der Waals surface area contributed by atoms with Crippen LogP contribution in [0.5, 0.6) is 0 Å². The van der Waals surface area contributed by atoms with Crippen LogP contribution in [0.25, 0.3) is 10.9 Å². The summed E-state index contributed by atoms with van der Waals surface area (Å²) in [4.78, 5) is 21.9. The molecule has 0 unspecified atom stereocenters. The molecule has 7 heteroatoms. The molecule has 0 saturated heterocycles. The maximum atomic E-state index is 12.3. The summed E-state index contributed by atoms with van der Waals surface area (Å²) in [6.07, 6.45) is 6.09. The van der Waals surface area contributed by atoms with E-state index < -0.39 is 0 Å². The van der Waals surface area contributed by atoms with Crippen molar-refractivity contribution in [2.45, 2.75) is 11.3 Å². The predicted molar refractivity (Wildman–Crippen MR) is 96.1 cm³/mol. The van der Waals surface area contributed by atoms with E-state index in [1.54, 1.807) is 35.5 Å². The summed E-state index contributed by atoms with van der Waals surface area (Å²) in [5.74, 6) is -0.135. The number of fused-ring (bicyclic) bond motifs is 1. The van der Waals surface area contributed by atoms with Gasteiger partial charge in [-0.05, 0) is 24.5 Å². The molecule has 5 nitrogen and oxygen atoms in total. The van der Waals surface area contributed by atoms with Crippen molar-refractivity contribution in [1.29, 1.82) is 0 Å². The summed E-state index contributed by atoms with van der Waals surface area (Å²) in [6.45, 7) is 0.553. The minimum atomic E-state index is -0.135. The third-order valence-corrected chi connectivity index (χ3v) is 4.95. The highest BCUT2D eigenvalue weighted by Crippen LogP contribution is 2.28. The molecular weight excluding hydrogens is 328 g/mol. The number of anilines is 1. The number of hydrogen-bond donors (Lipinski definition) is 2. The average molecular weight is 344 g/mol. The number of carbonyl (C=O) groups excluding carboxylic acids is 1. The lowest BCUT2D eigenvalue weighted by Gasteiger charge is -2.08. The fourth-order valence-corrected chi connectivity index (χ4v) is 3.52. The highest BCUT2D eigenvalue weighted by molar-refractivity contribution is 7.98. The third kappa shape index (κ3) is 3.62. The molecule has 2 heterocycles. The van der Waals surface area contributed by atoms with E-state index in [1.165, 1.54) is 0 Å². The highest BCUT2D eigenvalue weighted by atomic mass is 32.2. The van der Waals surface area contributed by atoms with Gasteiger partial charge in [-0.15, -0.1) is 23.1 Å². The van der Waals surface area contributed by atoms with Gasteiger partial charge in [-0.3, -0.25) is 9.78 Å². The van der Waals surface area contributed by atoms with Crippen LogP contribution in [0.15, 0.2) is 40.9 Å². The van der Waals surface area contributed by atoms with Crippen LogP contribution >= 0.6 is 23.1 Å². The van der Waals surface area contributed by atoms with Gasteiger partial charge in [0.2, 0.25) is 0 Å². The molecule has 3 N–H and O–H groups in total. The van der Waals surface area contributed by atoms with Crippen molar-refractivity contribution in [1.82, 2.24) is 15.3 Å². The van der Waals surface area contributed by atoms with Crippen molar-refractivity contribution >= 4 is 45.6 Å². The van der Waals surface area contributed by atoms with Gasteiger partial charge in [0, 0.05) is 46.7 Å².